The monoisotopic (exact) mass is 577 g/mol. The van der Waals surface area contributed by atoms with Gasteiger partial charge in [0.2, 0.25) is 0 Å². The van der Waals surface area contributed by atoms with E-state index in [1.54, 1.807) is 6.92 Å². The van der Waals surface area contributed by atoms with Crippen LogP contribution in [0.3, 0.4) is 0 Å². The Balaban J connectivity index is 0.00000370. The summed E-state index contributed by atoms with van der Waals surface area (Å²) < 4.78 is 37.4. The van der Waals surface area contributed by atoms with Crippen LogP contribution in [0, 0.1) is 11.6 Å². The summed E-state index contributed by atoms with van der Waals surface area (Å²) >= 11 is 0. The highest BCUT2D eigenvalue weighted by atomic mass is 35.5. The highest BCUT2D eigenvalue weighted by Gasteiger charge is 2.41. The molecule has 3 fully saturated rings. The zero-order valence-corrected chi connectivity index (χ0v) is 23.1. The molecule has 1 saturated carbocycles. The molecule has 40 heavy (non-hydrogen) atoms. The summed E-state index contributed by atoms with van der Waals surface area (Å²) in [4.78, 5) is 41.1. The molecule has 1 N–H and O–H groups in total. The molecular formula is C29H34ClF2N3O5. The quantitative estimate of drug-likeness (QED) is 0.452. The van der Waals surface area contributed by atoms with Gasteiger partial charge in [-0.1, -0.05) is 24.3 Å². The summed E-state index contributed by atoms with van der Waals surface area (Å²) in [5, 5.41) is 2.94. The van der Waals surface area contributed by atoms with Crippen molar-refractivity contribution in [1.82, 2.24) is 15.1 Å². The summed E-state index contributed by atoms with van der Waals surface area (Å²) in [6.45, 7) is 3.53. The summed E-state index contributed by atoms with van der Waals surface area (Å²) in [6, 6.07) is 9.82. The molecule has 11 heteroatoms. The predicted molar refractivity (Wildman–Crippen MR) is 145 cm³/mol. The van der Waals surface area contributed by atoms with E-state index in [4.69, 9.17) is 9.47 Å². The number of ether oxygens (including phenoxy) is 2. The second kappa shape index (κ2) is 13.0. The molecule has 2 heterocycles. The number of halogens is 3. The summed E-state index contributed by atoms with van der Waals surface area (Å²) in [5.74, 6) is -2.02. The minimum absolute atomic E-state index is 0. The first-order valence-corrected chi connectivity index (χ1v) is 13.6. The largest absolute Gasteiger partial charge is 0.462 e. The maximum Gasteiger partial charge on any atom is 0.418 e. The zero-order chi connectivity index (χ0) is 27.5. The number of hydrogen-bond acceptors (Lipinski definition) is 6. The van der Waals surface area contributed by atoms with Crippen molar-refractivity contribution in [3.63, 3.8) is 0 Å². The van der Waals surface area contributed by atoms with Crippen molar-refractivity contribution in [3.8, 4) is 0 Å². The Morgan fingerprint density at radius 3 is 2.52 bits per heavy atom. The zero-order valence-electron chi connectivity index (χ0n) is 22.3. The number of amides is 3. The minimum Gasteiger partial charge on any atom is -0.462 e. The number of carbonyl (C=O) groups excluding carboxylic acids is 3. The van der Waals surface area contributed by atoms with E-state index in [0.717, 1.165) is 61.2 Å². The van der Waals surface area contributed by atoms with Crippen LogP contribution in [0.25, 0.3) is 0 Å². The first-order valence-electron chi connectivity index (χ1n) is 13.6. The van der Waals surface area contributed by atoms with Gasteiger partial charge >= 0.3 is 18.1 Å². The van der Waals surface area contributed by atoms with Crippen molar-refractivity contribution >= 4 is 30.5 Å². The lowest BCUT2D eigenvalue weighted by Crippen LogP contribution is -2.47. The molecule has 5 rings (SSSR count). The molecule has 2 atom stereocenters. The molecular weight excluding hydrogens is 544 g/mol. The Bertz CT molecular complexity index is 1240. The maximum atomic E-state index is 13.8. The van der Waals surface area contributed by atoms with E-state index in [1.807, 2.05) is 24.3 Å². The average molecular weight is 578 g/mol. The molecule has 3 aliphatic rings. The van der Waals surface area contributed by atoms with E-state index >= 15 is 0 Å². The predicted octanol–water partition coefficient (Wildman–Crippen LogP) is 5.57. The third-order valence-electron chi connectivity index (χ3n) is 8.08. The number of benzene rings is 2. The first kappa shape index (κ1) is 29.7. The number of likely N-dealkylation sites (tertiary alicyclic amines) is 1. The van der Waals surface area contributed by atoms with Crippen molar-refractivity contribution in [2.24, 2.45) is 0 Å². The summed E-state index contributed by atoms with van der Waals surface area (Å²) in [7, 11) is 0. The molecule has 216 valence electrons. The summed E-state index contributed by atoms with van der Waals surface area (Å²) in [6.07, 6.45) is 3.83. The van der Waals surface area contributed by atoms with E-state index < -0.39 is 29.8 Å². The molecule has 0 unspecified atom stereocenters. The fourth-order valence-corrected chi connectivity index (χ4v) is 6.09. The molecule has 3 amide bonds. The lowest BCUT2D eigenvalue weighted by Gasteiger charge is -2.35. The van der Waals surface area contributed by atoms with Gasteiger partial charge in [0, 0.05) is 25.2 Å². The third-order valence-corrected chi connectivity index (χ3v) is 8.08. The smallest absolute Gasteiger partial charge is 0.418 e. The molecule has 0 bridgehead atoms. The van der Waals surface area contributed by atoms with E-state index in [-0.39, 0.29) is 31.0 Å². The number of rotatable bonds is 6. The Hall–Kier alpha value is -3.24. The Morgan fingerprint density at radius 1 is 1.05 bits per heavy atom. The van der Waals surface area contributed by atoms with Crippen LogP contribution < -0.4 is 5.32 Å². The number of esters is 1. The van der Waals surface area contributed by atoms with Crippen molar-refractivity contribution in [2.75, 3.05) is 26.3 Å². The van der Waals surface area contributed by atoms with E-state index in [9.17, 15) is 23.2 Å². The number of hydrogen-bond donors (Lipinski definition) is 1. The lowest BCUT2D eigenvalue weighted by atomic mass is 9.79. The molecule has 0 spiro atoms. The number of imide groups is 1. The van der Waals surface area contributed by atoms with Crippen molar-refractivity contribution in [3.05, 3.63) is 70.8 Å². The number of cyclic esters (lactones) is 1. The van der Waals surface area contributed by atoms with Gasteiger partial charge in [-0.25, -0.2) is 28.1 Å². The van der Waals surface area contributed by atoms with Crippen molar-refractivity contribution < 1.29 is 32.6 Å². The van der Waals surface area contributed by atoms with Gasteiger partial charge in [-0.15, -0.1) is 12.4 Å². The van der Waals surface area contributed by atoms with Gasteiger partial charge in [-0.05, 0) is 74.3 Å². The Kier molecular flexibility index (Phi) is 9.63. The van der Waals surface area contributed by atoms with Crippen molar-refractivity contribution in [1.29, 1.82) is 0 Å². The van der Waals surface area contributed by atoms with Crippen LogP contribution in [-0.4, -0.2) is 66.3 Å². The number of urea groups is 1. The van der Waals surface area contributed by atoms with Gasteiger partial charge in [0.25, 0.3) is 0 Å². The molecule has 8 nitrogen and oxygen atoms in total. The SMILES string of the molecule is CCOC(=O)c1ccccc1[C@H]1CC[C@@H](N2CC[C@@H](NC(=O)N3C(=O)OC[C@@H]3c3ccc(F)c(F)c3)C2)CC1.Cl. The number of nitrogens with one attached hydrogen (secondary N) is 1. The first-order chi connectivity index (χ1) is 18.9. The van der Waals surface area contributed by atoms with Crippen molar-refractivity contribution in [2.45, 2.75) is 63.1 Å². The van der Waals surface area contributed by atoms with Crippen LogP contribution in [-0.2, 0) is 9.47 Å². The van der Waals surface area contributed by atoms with E-state index in [0.29, 0.717) is 36.2 Å². The molecule has 2 aromatic rings. The van der Waals surface area contributed by atoms with Gasteiger partial charge < -0.3 is 14.8 Å². The second-order valence-electron chi connectivity index (χ2n) is 10.4. The van der Waals surface area contributed by atoms with Gasteiger partial charge in [-0.2, -0.15) is 0 Å². The second-order valence-corrected chi connectivity index (χ2v) is 10.4. The third kappa shape index (κ3) is 6.23. The van der Waals surface area contributed by atoms with Crippen LogP contribution in [0.1, 0.15) is 72.5 Å². The number of carbonyl (C=O) groups is 3. The van der Waals surface area contributed by atoms with Gasteiger partial charge in [0.05, 0.1) is 12.2 Å². The highest BCUT2D eigenvalue weighted by molar-refractivity contribution is 5.93. The molecule has 0 radical (unpaired) electrons. The van der Waals surface area contributed by atoms with Gasteiger partial charge in [0.1, 0.15) is 12.6 Å². The van der Waals surface area contributed by atoms with Gasteiger partial charge in [0.15, 0.2) is 11.6 Å². The van der Waals surface area contributed by atoms with Crippen LogP contribution >= 0.6 is 12.4 Å². The molecule has 2 saturated heterocycles. The fraction of sp³-hybridized carbons (Fsp3) is 0.483. The standard InChI is InChI=1S/C29H33F2N3O5.ClH/c1-2-38-27(35)23-6-4-3-5-22(23)18-7-10-21(11-8-18)33-14-13-20(16-33)32-28(36)34-26(17-39-29(34)37)19-9-12-24(30)25(31)15-19;/h3-6,9,12,15,18,20-21,26H,2,7-8,10-11,13-14,16-17H2,1H3,(H,32,36);1H/t18-,20-,21+,26-;/m1./s1. The van der Waals surface area contributed by atoms with Crippen LogP contribution in [0.5, 0.6) is 0 Å². The molecule has 2 aromatic carbocycles. The minimum atomic E-state index is -1.04. The van der Waals surface area contributed by atoms with Gasteiger partial charge in [-0.3, -0.25) is 4.90 Å². The molecule has 2 aliphatic heterocycles. The summed E-state index contributed by atoms with van der Waals surface area (Å²) in [5.41, 5.74) is 1.99. The van der Waals surface area contributed by atoms with Crippen LogP contribution in [0.2, 0.25) is 0 Å². The average Bonchev–Trinajstić information content (AvgIpc) is 3.57. The van der Waals surface area contributed by atoms with E-state index in [2.05, 4.69) is 10.2 Å². The topological polar surface area (TPSA) is 88.2 Å². The van der Waals surface area contributed by atoms with Crippen LogP contribution in [0.4, 0.5) is 18.4 Å². The Morgan fingerprint density at radius 2 is 1.80 bits per heavy atom. The van der Waals surface area contributed by atoms with Crippen LogP contribution in [0.15, 0.2) is 42.5 Å². The highest BCUT2D eigenvalue weighted by Crippen LogP contribution is 2.37. The molecule has 0 aromatic heterocycles. The van der Waals surface area contributed by atoms with E-state index in [1.165, 1.54) is 6.07 Å². The maximum absolute atomic E-state index is 13.8. The lowest BCUT2D eigenvalue weighted by molar-refractivity contribution is 0.0523. The Labute approximate surface area is 238 Å². The normalized spacial score (nSPS) is 24.8. The number of nitrogens with zero attached hydrogens (tertiary/aromatic N) is 2. The fourth-order valence-electron chi connectivity index (χ4n) is 6.09. The molecule has 1 aliphatic carbocycles.